The first-order valence-corrected chi connectivity index (χ1v) is 13.5. The van der Waals surface area contributed by atoms with E-state index in [4.69, 9.17) is 5.73 Å². The molecule has 2 aliphatic heterocycles. The number of nitrogen functional groups attached to an aromatic ring is 1. The molecule has 1 saturated heterocycles. The molecule has 0 bridgehead atoms. The molecule has 9 nitrogen and oxygen atoms in total. The third kappa shape index (κ3) is 4.19. The number of thioether (sulfide) groups is 2. The second-order valence-electron chi connectivity index (χ2n) is 7.41. The maximum Gasteiger partial charge on any atom is 0.353 e. The van der Waals surface area contributed by atoms with E-state index in [1.807, 2.05) is 12.1 Å². The quantitative estimate of drug-likeness (QED) is 0.408. The fourth-order valence-electron chi connectivity index (χ4n) is 3.72. The molecule has 0 aliphatic carbocycles. The highest BCUT2D eigenvalue weighted by atomic mass is 32.2. The van der Waals surface area contributed by atoms with Gasteiger partial charge in [-0.05, 0) is 12.1 Å². The fourth-order valence-corrected chi connectivity index (χ4v) is 8.15. The van der Waals surface area contributed by atoms with Crippen molar-refractivity contribution < 1.29 is 19.5 Å². The highest BCUT2D eigenvalue weighted by Gasteiger charge is 2.54. The number of anilines is 1. The SMILES string of the molecule is Nc1nc(CC(=O)NC2C(=O)N3C(C(=O)O)=C(Sc4cc(=O)c5ccccc5s4)CS[C@H]23)cs1. The lowest BCUT2D eigenvalue weighted by Gasteiger charge is -2.49. The molecule has 3 aromatic rings. The first-order chi connectivity index (χ1) is 16.3. The molecule has 0 spiro atoms. The Balaban J connectivity index is 1.35. The van der Waals surface area contributed by atoms with E-state index in [0.29, 0.717) is 31.1 Å². The molecule has 2 aliphatic rings. The highest BCUT2D eigenvalue weighted by molar-refractivity contribution is 8.07. The topological polar surface area (TPSA) is 143 Å². The van der Waals surface area contributed by atoms with Crippen molar-refractivity contribution >= 4 is 79.2 Å². The lowest BCUT2D eigenvalue weighted by molar-refractivity contribution is -0.150. The Labute approximate surface area is 209 Å². The second kappa shape index (κ2) is 9.06. The van der Waals surface area contributed by atoms with Crippen LogP contribution in [0.2, 0.25) is 0 Å². The number of nitrogens with one attached hydrogen (secondary N) is 1. The van der Waals surface area contributed by atoms with Crippen LogP contribution in [0.4, 0.5) is 5.13 Å². The van der Waals surface area contributed by atoms with Crippen molar-refractivity contribution in [3.05, 3.63) is 62.2 Å². The third-order valence-electron chi connectivity index (χ3n) is 5.20. The van der Waals surface area contributed by atoms with Crippen LogP contribution in [0.1, 0.15) is 5.69 Å². The van der Waals surface area contributed by atoms with Crippen LogP contribution >= 0.6 is 46.2 Å². The Morgan fingerprint density at radius 1 is 1.29 bits per heavy atom. The maximum atomic E-state index is 12.8. The smallest absolute Gasteiger partial charge is 0.353 e. The summed E-state index contributed by atoms with van der Waals surface area (Å²) >= 11 is 5.18. The van der Waals surface area contributed by atoms with Gasteiger partial charge in [0.1, 0.15) is 17.1 Å². The van der Waals surface area contributed by atoms with Crippen LogP contribution in [-0.4, -0.2) is 49.9 Å². The van der Waals surface area contributed by atoms with Gasteiger partial charge in [0.2, 0.25) is 5.91 Å². The molecule has 2 amide bonds. The Morgan fingerprint density at radius 2 is 2.09 bits per heavy atom. The van der Waals surface area contributed by atoms with Gasteiger partial charge in [0.05, 0.1) is 16.3 Å². The fraction of sp³-hybridized carbons (Fsp3) is 0.190. The number of carboxylic acid groups (broad SMARTS) is 1. The monoisotopic (exact) mass is 532 g/mol. The van der Waals surface area contributed by atoms with Crippen LogP contribution in [0, 0.1) is 0 Å². The number of rotatable bonds is 6. The predicted octanol–water partition coefficient (Wildman–Crippen LogP) is 2.33. The van der Waals surface area contributed by atoms with Gasteiger partial charge in [0, 0.05) is 32.2 Å². The van der Waals surface area contributed by atoms with E-state index in [-0.39, 0.29) is 23.5 Å². The molecule has 1 unspecified atom stereocenters. The zero-order valence-electron chi connectivity index (χ0n) is 17.2. The Bertz CT molecular complexity index is 1430. The normalized spacial score (nSPS) is 19.6. The van der Waals surface area contributed by atoms with Gasteiger partial charge < -0.3 is 16.2 Å². The minimum Gasteiger partial charge on any atom is -0.477 e. The van der Waals surface area contributed by atoms with Gasteiger partial charge in [-0.3, -0.25) is 19.3 Å². The highest BCUT2D eigenvalue weighted by Crippen LogP contribution is 2.46. The summed E-state index contributed by atoms with van der Waals surface area (Å²) in [5.41, 5.74) is 5.85. The number of amides is 2. The number of aliphatic carboxylic acids is 1. The minimum absolute atomic E-state index is 0.0154. The first kappa shape index (κ1) is 22.9. The number of hydrogen-bond acceptors (Lipinski definition) is 10. The van der Waals surface area contributed by atoms with Gasteiger partial charge in [0.15, 0.2) is 10.6 Å². The summed E-state index contributed by atoms with van der Waals surface area (Å²) in [6.45, 7) is 0. The molecule has 2 aromatic heterocycles. The molecular formula is C21H16N4O5S4. The van der Waals surface area contributed by atoms with E-state index in [1.54, 1.807) is 17.5 Å². The van der Waals surface area contributed by atoms with Crippen LogP contribution < -0.4 is 16.5 Å². The summed E-state index contributed by atoms with van der Waals surface area (Å²) in [5, 5.41) is 14.7. The van der Waals surface area contributed by atoms with Crippen LogP contribution in [0.5, 0.6) is 0 Å². The number of fused-ring (bicyclic) bond motifs is 2. The van der Waals surface area contributed by atoms with Crippen molar-refractivity contribution in [3.63, 3.8) is 0 Å². The molecule has 4 N–H and O–H groups in total. The molecule has 0 saturated carbocycles. The number of thiazole rings is 1. The largest absolute Gasteiger partial charge is 0.477 e. The second-order valence-corrected chi connectivity index (χ2v) is 11.9. The summed E-state index contributed by atoms with van der Waals surface area (Å²) < 4.78 is 1.46. The van der Waals surface area contributed by atoms with Gasteiger partial charge in [-0.2, -0.15) is 0 Å². The Kier molecular flexibility index (Phi) is 6.10. The van der Waals surface area contributed by atoms with Gasteiger partial charge in [-0.25, -0.2) is 9.78 Å². The van der Waals surface area contributed by atoms with Crippen molar-refractivity contribution in [3.8, 4) is 0 Å². The van der Waals surface area contributed by atoms with Crippen molar-refractivity contribution in [2.45, 2.75) is 22.0 Å². The summed E-state index contributed by atoms with van der Waals surface area (Å²) in [6, 6.07) is 7.91. The molecule has 4 heterocycles. The molecule has 2 atom stereocenters. The molecule has 5 rings (SSSR count). The molecule has 13 heteroatoms. The number of nitrogens with zero attached hydrogens (tertiary/aromatic N) is 2. The van der Waals surface area contributed by atoms with Crippen molar-refractivity contribution in [1.82, 2.24) is 15.2 Å². The van der Waals surface area contributed by atoms with Crippen LogP contribution in [0.3, 0.4) is 0 Å². The number of nitrogens with two attached hydrogens (primary N) is 1. The van der Waals surface area contributed by atoms with Crippen molar-refractivity contribution in [1.29, 1.82) is 0 Å². The minimum atomic E-state index is -1.22. The molecule has 1 aromatic carbocycles. The number of carbonyl (C=O) groups is 3. The third-order valence-corrected chi connectivity index (χ3v) is 9.68. The molecule has 174 valence electrons. The zero-order valence-corrected chi connectivity index (χ0v) is 20.5. The van der Waals surface area contributed by atoms with E-state index in [2.05, 4.69) is 10.3 Å². The van der Waals surface area contributed by atoms with Gasteiger partial charge in [-0.1, -0.05) is 23.9 Å². The van der Waals surface area contributed by atoms with Gasteiger partial charge >= 0.3 is 5.97 Å². The van der Waals surface area contributed by atoms with Crippen molar-refractivity contribution in [2.75, 3.05) is 11.5 Å². The summed E-state index contributed by atoms with van der Waals surface area (Å²) in [7, 11) is 0. The molecular weight excluding hydrogens is 517 g/mol. The van der Waals surface area contributed by atoms with Crippen LogP contribution in [0.25, 0.3) is 10.1 Å². The van der Waals surface area contributed by atoms with Crippen LogP contribution in [0.15, 0.2) is 55.3 Å². The number of benzene rings is 1. The van der Waals surface area contributed by atoms with Crippen LogP contribution in [-0.2, 0) is 20.8 Å². The summed E-state index contributed by atoms with van der Waals surface area (Å²) in [4.78, 5) is 55.5. The predicted molar refractivity (Wildman–Crippen MR) is 134 cm³/mol. The van der Waals surface area contributed by atoms with Gasteiger partial charge in [0.25, 0.3) is 5.91 Å². The number of carbonyl (C=O) groups excluding carboxylic acids is 2. The van der Waals surface area contributed by atoms with Crippen molar-refractivity contribution in [2.24, 2.45) is 0 Å². The summed E-state index contributed by atoms with van der Waals surface area (Å²) in [5.74, 6) is -1.75. The lowest BCUT2D eigenvalue weighted by Crippen LogP contribution is -2.70. The van der Waals surface area contributed by atoms with E-state index in [1.165, 1.54) is 57.2 Å². The molecule has 1 fully saturated rings. The van der Waals surface area contributed by atoms with E-state index >= 15 is 0 Å². The maximum absolute atomic E-state index is 12.8. The summed E-state index contributed by atoms with van der Waals surface area (Å²) in [6.07, 6.45) is -0.0154. The molecule has 0 radical (unpaired) electrons. The van der Waals surface area contributed by atoms with E-state index in [0.717, 1.165) is 4.70 Å². The standard InChI is InChI=1S/C21H16N4O5S4/c22-21-23-9(7-32-21)5-14(27)24-16-18(28)25-17(20(29)30)13(8-31-19(16)25)34-15-6-11(26)10-3-1-2-4-12(10)33-15/h1-4,6-7,16,19H,5,8H2,(H2,22,23)(H,24,27)(H,29,30)/t16?,19-/m1/s1. The lowest BCUT2D eigenvalue weighted by atomic mass is 10.0. The Morgan fingerprint density at radius 3 is 2.82 bits per heavy atom. The van der Waals surface area contributed by atoms with Gasteiger partial charge in [-0.15, -0.1) is 34.4 Å². The van der Waals surface area contributed by atoms with E-state index in [9.17, 15) is 24.3 Å². The zero-order chi connectivity index (χ0) is 24.0. The average molecular weight is 533 g/mol. The number of aromatic nitrogens is 1. The average Bonchev–Trinajstić information content (AvgIpc) is 3.21. The Hall–Kier alpha value is -2.87. The number of hydrogen-bond donors (Lipinski definition) is 3. The molecule has 34 heavy (non-hydrogen) atoms. The number of β-lactam (4-membered cyclic amide) rings is 1. The van der Waals surface area contributed by atoms with E-state index < -0.39 is 23.3 Å². The number of carboxylic acids is 1. The first-order valence-electron chi connectivity index (χ1n) is 9.93.